The number of hydrogen-bond acceptors (Lipinski definition) is 1. The lowest BCUT2D eigenvalue weighted by Crippen LogP contribution is -2.33. The second kappa shape index (κ2) is 20.6. The highest BCUT2D eigenvalue weighted by molar-refractivity contribution is 6.00. The molecule has 0 atom stereocenters. The molecule has 2 rings (SSSR count). The van der Waals surface area contributed by atoms with Gasteiger partial charge in [-0.15, -0.1) is 0 Å². The van der Waals surface area contributed by atoms with E-state index in [2.05, 4.69) is 64.1 Å². The van der Waals surface area contributed by atoms with E-state index in [1.807, 2.05) is 4.90 Å². The molecule has 2 aromatic carbocycles. The van der Waals surface area contributed by atoms with Crippen LogP contribution < -0.4 is 10.6 Å². The number of aryl methyl sites for hydroxylation is 2. The Morgan fingerprint density at radius 1 is 0.525 bits per heavy atom. The summed E-state index contributed by atoms with van der Waals surface area (Å²) in [7, 11) is 0. The van der Waals surface area contributed by atoms with Crippen molar-refractivity contribution in [3.05, 3.63) is 58.7 Å². The molecule has 3 nitrogen and oxygen atoms in total. The Kier molecular flexibility index (Phi) is 17.4. The van der Waals surface area contributed by atoms with Gasteiger partial charge in [0.25, 0.3) is 0 Å². The highest BCUT2D eigenvalue weighted by Gasteiger charge is 2.24. The summed E-state index contributed by atoms with van der Waals surface area (Å²) in [4.78, 5) is 15.2. The summed E-state index contributed by atoms with van der Waals surface area (Å²) in [6, 6.07) is 12.8. The summed E-state index contributed by atoms with van der Waals surface area (Å²) in [6.07, 6.45) is 23.9. The normalized spacial score (nSPS) is 11.2. The average Bonchev–Trinajstić information content (AvgIpc) is 2.95. The Hall–Kier alpha value is -2.29. The molecule has 0 spiro atoms. The van der Waals surface area contributed by atoms with Crippen LogP contribution in [0.1, 0.15) is 153 Å². The monoisotopic (exact) mass is 548 g/mol. The van der Waals surface area contributed by atoms with Gasteiger partial charge in [0.15, 0.2) is 0 Å². The summed E-state index contributed by atoms with van der Waals surface area (Å²) in [6.45, 7) is 9.06. The van der Waals surface area contributed by atoms with E-state index < -0.39 is 0 Å². The van der Waals surface area contributed by atoms with Crippen LogP contribution in [0.15, 0.2) is 36.4 Å². The number of hydrogen-bond donors (Lipinski definition) is 1. The van der Waals surface area contributed by atoms with Crippen molar-refractivity contribution in [1.82, 2.24) is 0 Å². The number of carbonyl (C=O) groups excluding carboxylic acids is 1. The van der Waals surface area contributed by atoms with Crippen LogP contribution in [0.3, 0.4) is 0 Å². The molecule has 224 valence electrons. The minimum atomic E-state index is -0.365. The fourth-order valence-electron chi connectivity index (χ4n) is 6.02. The van der Waals surface area contributed by atoms with Gasteiger partial charge < -0.3 is 5.73 Å². The van der Waals surface area contributed by atoms with Crippen molar-refractivity contribution >= 4 is 17.4 Å². The van der Waals surface area contributed by atoms with E-state index in [4.69, 9.17) is 5.73 Å². The number of unbranched alkanes of at least 4 members (excludes halogenated alkanes) is 12. The van der Waals surface area contributed by atoms with Crippen LogP contribution in [0.4, 0.5) is 16.2 Å². The molecule has 0 heterocycles. The van der Waals surface area contributed by atoms with Crippen molar-refractivity contribution in [3.63, 3.8) is 0 Å². The predicted octanol–water partition coefficient (Wildman–Crippen LogP) is 11.4. The summed E-state index contributed by atoms with van der Waals surface area (Å²) < 4.78 is 0. The van der Waals surface area contributed by atoms with Crippen LogP contribution in [0.5, 0.6) is 0 Å². The first-order valence-corrected chi connectivity index (χ1v) is 16.9. The van der Waals surface area contributed by atoms with Crippen LogP contribution >= 0.6 is 0 Å². The maximum atomic E-state index is 13.3. The van der Waals surface area contributed by atoms with E-state index in [0.29, 0.717) is 0 Å². The van der Waals surface area contributed by atoms with Gasteiger partial charge in [-0.1, -0.05) is 129 Å². The Balaban J connectivity index is 2.53. The molecule has 0 unspecified atom stereocenters. The SMILES string of the molecule is CCCCCCc1cccc(N(C(N)=O)c2cccc(CCCCCC)c2CCCCCC)c1CCCCCC. The van der Waals surface area contributed by atoms with Crippen LogP contribution in [0.25, 0.3) is 0 Å². The van der Waals surface area contributed by atoms with Gasteiger partial charge in [0.1, 0.15) is 0 Å². The second-order valence-electron chi connectivity index (χ2n) is 11.7. The number of carbonyl (C=O) groups is 1. The van der Waals surface area contributed by atoms with Crippen LogP contribution in [0, 0.1) is 0 Å². The van der Waals surface area contributed by atoms with E-state index in [0.717, 1.165) is 49.9 Å². The van der Waals surface area contributed by atoms with Gasteiger partial charge in [0, 0.05) is 0 Å². The maximum Gasteiger partial charge on any atom is 0.323 e. The molecular weight excluding hydrogens is 488 g/mol. The number of urea groups is 1. The van der Waals surface area contributed by atoms with Gasteiger partial charge in [-0.05, 0) is 85.8 Å². The number of primary amides is 1. The van der Waals surface area contributed by atoms with Gasteiger partial charge in [0.2, 0.25) is 0 Å². The van der Waals surface area contributed by atoms with Crippen LogP contribution in [0.2, 0.25) is 0 Å². The van der Waals surface area contributed by atoms with Crippen LogP contribution in [-0.2, 0) is 25.7 Å². The van der Waals surface area contributed by atoms with Crippen molar-refractivity contribution < 1.29 is 4.79 Å². The van der Waals surface area contributed by atoms with Gasteiger partial charge >= 0.3 is 6.03 Å². The summed E-state index contributed by atoms with van der Waals surface area (Å²) in [5.74, 6) is 0. The first kappa shape index (κ1) is 33.9. The first-order chi connectivity index (χ1) is 19.6. The zero-order chi connectivity index (χ0) is 29.0. The molecule has 0 radical (unpaired) electrons. The Labute approximate surface area is 247 Å². The quantitative estimate of drug-likeness (QED) is 0.146. The van der Waals surface area contributed by atoms with E-state index >= 15 is 0 Å². The summed E-state index contributed by atoms with van der Waals surface area (Å²) >= 11 is 0. The summed E-state index contributed by atoms with van der Waals surface area (Å²) in [5, 5.41) is 0. The number of amides is 2. The van der Waals surface area contributed by atoms with Crippen molar-refractivity contribution in [2.24, 2.45) is 5.73 Å². The molecule has 0 bridgehead atoms. The third kappa shape index (κ3) is 11.3. The molecule has 3 heteroatoms. The fourth-order valence-corrected chi connectivity index (χ4v) is 6.02. The highest BCUT2D eigenvalue weighted by Crippen LogP contribution is 2.37. The Bertz CT molecular complexity index is 895. The topological polar surface area (TPSA) is 46.3 Å². The lowest BCUT2D eigenvalue weighted by atomic mass is 9.92. The number of nitrogens with zero attached hydrogens (tertiary/aromatic N) is 1. The minimum Gasteiger partial charge on any atom is -0.351 e. The molecule has 0 saturated carbocycles. The zero-order valence-electron chi connectivity index (χ0n) is 26.5. The number of nitrogens with two attached hydrogens (primary N) is 1. The second-order valence-corrected chi connectivity index (χ2v) is 11.7. The zero-order valence-corrected chi connectivity index (χ0v) is 26.5. The molecule has 40 heavy (non-hydrogen) atoms. The molecule has 0 aliphatic rings. The Morgan fingerprint density at radius 2 is 0.875 bits per heavy atom. The number of anilines is 2. The highest BCUT2D eigenvalue weighted by atomic mass is 16.2. The van der Waals surface area contributed by atoms with E-state index in [-0.39, 0.29) is 6.03 Å². The van der Waals surface area contributed by atoms with Gasteiger partial charge in [-0.25, -0.2) is 4.79 Å². The van der Waals surface area contributed by atoms with Gasteiger partial charge in [0.05, 0.1) is 11.4 Å². The predicted molar refractivity (Wildman–Crippen MR) is 176 cm³/mol. The average molecular weight is 549 g/mol. The number of rotatable bonds is 22. The van der Waals surface area contributed by atoms with E-state index in [1.54, 1.807) is 0 Å². The smallest absolute Gasteiger partial charge is 0.323 e. The molecular formula is C37H60N2O. The fraction of sp³-hybridized carbons (Fsp3) is 0.649. The van der Waals surface area contributed by atoms with Gasteiger partial charge in [-0.3, -0.25) is 4.90 Å². The van der Waals surface area contributed by atoms with E-state index in [9.17, 15) is 4.79 Å². The van der Waals surface area contributed by atoms with Crippen LogP contribution in [-0.4, -0.2) is 6.03 Å². The summed E-state index contributed by atoms with van der Waals surface area (Å²) in [5.41, 5.74) is 13.7. The standard InChI is InChI=1S/C37H60N2O/c1-5-9-13-17-23-31-25-21-29-35(33(31)27-19-15-11-7-3)39(37(38)40)36-30-22-26-32(24-18-14-10-6-2)34(36)28-20-16-12-8-4/h21-22,25-26,29-30H,5-20,23-24,27-28H2,1-4H3,(H2,38,40). The lowest BCUT2D eigenvalue weighted by molar-refractivity contribution is 0.256. The minimum absolute atomic E-state index is 0.365. The molecule has 0 aliphatic carbocycles. The molecule has 0 aromatic heterocycles. The Morgan fingerprint density at radius 3 is 1.20 bits per heavy atom. The maximum absolute atomic E-state index is 13.3. The van der Waals surface area contributed by atoms with Crippen molar-refractivity contribution in [1.29, 1.82) is 0 Å². The molecule has 2 N–H and O–H groups in total. The molecule has 0 fully saturated rings. The largest absolute Gasteiger partial charge is 0.351 e. The van der Waals surface area contributed by atoms with Gasteiger partial charge in [-0.2, -0.15) is 0 Å². The third-order valence-electron chi connectivity index (χ3n) is 8.36. The van der Waals surface area contributed by atoms with E-state index in [1.165, 1.54) is 112 Å². The molecule has 0 aliphatic heterocycles. The third-order valence-corrected chi connectivity index (χ3v) is 8.36. The lowest BCUT2D eigenvalue weighted by Gasteiger charge is -2.28. The van der Waals surface area contributed by atoms with Crippen molar-refractivity contribution in [2.75, 3.05) is 4.90 Å². The molecule has 2 amide bonds. The van der Waals surface area contributed by atoms with Crippen molar-refractivity contribution in [3.8, 4) is 0 Å². The molecule has 2 aromatic rings. The molecule has 0 saturated heterocycles. The van der Waals surface area contributed by atoms with Crippen molar-refractivity contribution in [2.45, 2.75) is 156 Å². The number of benzene rings is 2. The first-order valence-electron chi connectivity index (χ1n) is 16.9.